The Kier molecular flexibility index (Phi) is 10.0. The van der Waals surface area contributed by atoms with E-state index in [-0.39, 0.29) is 17.3 Å². The first-order valence-corrected chi connectivity index (χ1v) is 14.9. The number of nitrogens with zero attached hydrogens (tertiary/aromatic N) is 1. The number of aryl methyl sites for hydroxylation is 2. The van der Waals surface area contributed by atoms with E-state index >= 15 is 0 Å². The van der Waals surface area contributed by atoms with Crippen molar-refractivity contribution < 1.29 is 13.2 Å². The summed E-state index contributed by atoms with van der Waals surface area (Å²) in [6, 6.07) is 22.6. The third-order valence-electron chi connectivity index (χ3n) is 5.92. The van der Waals surface area contributed by atoms with Gasteiger partial charge < -0.3 is 5.32 Å². The molecule has 1 amide bonds. The van der Waals surface area contributed by atoms with Crippen molar-refractivity contribution in [2.24, 2.45) is 0 Å². The minimum atomic E-state index is -3.90. The number of anilines is 1. The number of carbonyl (C=O) groups is 1. The SMILES string of the molecule is Cc1ccc(CSCCCNC(=O)CN(c2ccc(C(C)C)cc2)S(=O)(=O)c2ccc(C)cc2)cc1. The van der Waals surface area contributed by atoms with Crippen LogP contribution in [-0.2, 0) is 20.6 Å². The van der Waals surface area contributed by atoms with Crippen LogP contribution in [0.3, 0.4) is 0 Å². The lowest BCUT2D eigenvalue weighted by Crippen LogP contribution is -2.41. The molecule has 3 aromatic carbocycles. The van der Waals surface area contributed by atoms with Crippen LogP contribution in [0.4, 0.5) is 5.69 Å². The van der Waals surface area contributed by atoms with E-state index in [2.05, 4.69) is 50.4 Å². The summed E-state index contributed by atoms with van der Waals surface area (Å²) >= 11 is 1.82. The third kappa shape index (κ3) is 7.87. The second kappa shape index (κ2) is 13.0. The fraction of sp³-hybridized carbons (Fsp3) is 0.345. The summed E-state index contributed by atoms with van der Waals surface area (Å²) in [6.45, 7) is 8.39. The van der Waals surface area contributed by atoms with E-state index in [0.29, 0.717) is 18.2 Å². The van der Waals surface area contributed by atoms with Gasteiger partial charge in [-0.05, 0) is 67.3 Å². The van der Waals surface area contributed by atoms with E-state index in [1.807, 2.05) is 30.8 Å². The Morgan fingerprint density at radius 3 is 2.06 bits per heavy atom. The summed E-state index contributed by atoms with van der Waals surface area (Å²) in [7, 11) is -3.90. The van der Waals surface area contributed by atoms with Gasteiger partial charge in [-0.2, -0.15) is 11.8 Å². The van der Waals surface area contributed by atoms with E-state index in [4.69, 9.17) is 0 Å². The smallest absolute Gasteiger partial charge is 0.264 e. The fourth-order valence-electron chi connectivity index (χ4n) is 3.64. The number of rotatable bonds is 12. The number of carbonyl (C=O) groups excluding carboxylic acids is 1. The zero-order chi connectivity index (χ0) is 26.1. The Morgan fingerprint density at radius 2 is 1.47 bits per heavy atom. The van der Waals surface area contributed by atoms with E-state index < -0.39 is 10.0 Å². The molecule has 3 rings (SSSR count). The maximum absolute atomic E-state index is 13.5. The lowest BCUT2D eigenvalue weighted by molar-refractivity contribution is -0.119. The highest BCUT2D eigenvalue weighted by atomic mass is 32.2. The summed E-state index contributed by atoms with van der Waals surface area (Å²) in [5.41, 5.74) is 5.10. The van der Waals surface area contributed by atoms with Gasteiger partial charge in [-0.15, -0.1) is 0 Å². The predicted molar refractivity (Wildman–Crippen MR) is 151 cm³/mol. The van der Waals surface area contributed by atoms with E-state index in [9.17, 15) is 13.2 Å². The molecular weight excluding hydrogens is 488 g/mol. The average Bonchev–Trinajstić information content (AvgIpc) is 2.86. The van der Waals surface area contributed by atoms with Gasteiger partial charge in [-0.3, -0.25) is 9.10 Å². The van der Waals surface area contributed by atoms with Crippen LogP contribution < -0.4 is 9.62 Å². The minimum Gasteiger partial charge on any atom is -0.354 e. The summed E-state index contributed by atoms with van der Waals surface area (Å²) in [5, 5.41) is 2.89. The molecule has 0 radical (unpaired) electrons. The number of hydrogen-bond donors (Lipinski definition) is 1. The largest absolute Gasteiger partial charge is 0.354 e. The molecule has 7 heteroatoms. The van der Waals surface area contributed by atoms with E-state index in [1.54, 1.807) is 36.4 Å². The molecule has 0 heterocycles. The number of nitrogens with one attached hydrogen (secondary N) is 1. The second-order valence-electron chi connectivity index (χ2n) is 9.31. The number of thioether (sulfide) groups is 1. The van der Waals surface area contributed by atoms with E-state index in [1.165, 1.54) is 15.4 Å². The Morgan fingerprint density at radius 1 is 0.889 bits per heavy atom. The monoisotopic (exact) mass is 524 g/mol. The average molecular weight is 525 g/mol. The molecule has 1 N–H and O–H groups in total. The molecule has 192 valence electrons. The van der Waals surface area contributed by atoms with Gasteiger partial charge >= 0.3 is 0 Å². The molecule has 0 aliphatic carbocycles. The summed E-state index contributed by atoms with van der Waals surface area (Å²) in [6.07, 6.45) is 0.816. The topological polar surface area (TPSA) is 66.5 Å². The molecule has 36 heavy (non-hydrogen) atoms. The molecule has 0 aliphatic heterocycles. The maximum atomic E-state index is 13.5. The fourth-order valence-corrected chi connectivity index (χ4v) is 5.98. The van der Waals surface area contributed by atoms with Crippen LogP contribution in [0.15, 0.2) is 77.7 Å². The molecule has 0 fully saturated rings. The molecule has 0 saturated carbocycles. The highest BCUT2D eigenvalue weighted by Crippen LogP contribution is 2.26. The van der Waals surface area contributed by atoms with Crippen molar-refractivity contribution in [1.82, 2.24) is 5.32 Å². The van der Waals surface area contributed by atoms with Crippen LogP contribution in [0.1, 0.15) is 48.4 Å². The zero-order valence-electron chi connectivity index (χ0n) is 21.5. The van der Waals surface area contributed by atoms with Crippen molar-refractivity contribution in [3.05, 3.63) is 95.1 Å². The molecule has 0 atom stereocenters. The molecular formula is C29H36N2O3S2. The molecule has 3 aromatic rings. The van der Waals surface area contributed by atoms with Crippen LogP contribution in [0.2, 0.25) is 0 Å². The van der Waals surface area contributed by atoms with Crippen LogP contribution in [0.5, 0.6) is 0 Å². The van der Waals surface area contributed by atoms with Crippen molar-refractivity contribution in [2.75, 3.05) is 23.1 Å². The Labute approximate surface area is 220 Å². The summed E-state index contributed by atoms with van der Waals surface area (Å²) in [4.78, 5) is 13.0. The van der Waals surface area contributed by atoms with Crippen molar-refractivity contribution >= 4 is 33.4 Å². The van der Waals surface area contributed by atoms with Gasteiger partial charge in [0.15, 0.2) is 0 Å². The second-order valence-corrected chi connectivity index (χ2v) is 12.3. The zero-order valence-corrected chi connectivity index (χ0v) is 23.2. The quantitative estimate of drug-likeness (QED) is 0.292. The highest BCUT2D eigenvalue weighted by Gasteiger charge is 2.27. The van der Waals surface area contributed by atoms with Crippen LogP contribution in [-0.4, -0.2) is 33.2 Å². The van der Waals surface area contributed by atoms with Gasteiger partial charge in [0.2, 0.25) is 5.91 Å². The molecule has 5 nitrogen and oxygen atoms in total. The normalized spacial score (nSPS) is 11.5. The molecule has 0 unspecified atom stereocenters. The molecule has 0 spiro atoms. The molecule has 0 aliphatic rings. The minimum absolute atomic E-state index is 0.168. The van der Waals surface area contributed by atoms with Crippen LogP contribution >= 0.6 is 11.8 Å². The molecule has 0 saturated heterocycles. The van der Waals surface area contributed by atoms with Crippen LogP contribution in [0, 0.1) is 13.8 Å². The standard InChI is InChI=1S/C29H36N2O3S2/c1-22(2)26-12-14-27(15-13-26)31(36(33,34)28-16-8-24(4)9-17-28)20-29(32)30-18-5-19-35-21-25-10-6-23(3)7-11-25/h6-17,22H,5,18-21H2,1-4H3,(H,30,32). The first-order chi connectivity index (χ1) is 17.2. The van der Waals surface area contributed by atoms with Crippen molar-refractivity contribution in [3.63, 3.8) is 0 Å². The van der Waals surface area contributed by atoms with Gasteiger partial charge in [-0.1, -0.05) is 73.5 Å². The van der Waals surface area contributed by atoms with E-state index in [0.717, 1.165) is 29.1 Å². The number of amides is 1. The number of benzene rings is 3. The maximum Gasteiger partial charge on any atom is 0.264 e. The first-order valence-electron chi connectivity index (χ1n) is 12.3. The predicted octanol–water partition coefficient (Wildman–Crippen LogP) is 6.06. The number of sulfonamides is 1. The Bertz CT molecular complexity index is 1220. The number of hydrogen-bond acceptors (Lipinski definition) is 4. The summed E-state index contributed by atoms with van der Waals surface area (Å²) < 4.78 is 28.2. The first kappa shape index (κ1) is 27.8. The Hall–Kier alpha value is -2.77. The van der Waals surface area contributed by atoms with Gasteiger partial charge in [0.25, 0.3) is 10.0 Å². The molecule has 0 bridgehead atoms. The van der Waals surface area contributed by atoms with Gasteiger partial charge in [-0.25, -0.2) is 8.42 Å². The molecule has 0 aromatic heterocycles. The lowest BCUT2D eigenvalue weighted by atomic mass is 10.0. The van der Waals surface area contributed by atoms with Crippen molar-refractivity contribution in [3.8, 4) is 0 Å². The van der Waals surface area contributed by atoms with Gasteiger partial charge in [0.1, 0.15) is 6.54 Å². The van der Waals surface area contributed by atoms with Gasteiger partial charge in [0, 0.05) is 12.3 Å². The third-order valence-corrected chi connectivity index (χ3v) is 8.82. The highest BCUT2D eigenvalue weighted by molar-refractivity contribution is 7.98. The summed E-state index contributed by atoms with van der Waals surface area (Å²) in [5.74, 6) is 1.86. The van der Waals surface area contributed by atoms with Crippen LogP contribution in [0.25, 0.3) is 0 Å². The van der Waals surface area contributed by atoms with Crippen molar-refractivity contribution in [1.29, 1.82) is 0 Å². The van der Waals surface area contributed by atoms with Gasteiger partial charge in [0.05, 0.1) is 10.6 Å². The van der Waals surface area contributed by atoms with Crippen molar-refractivity contribution in [2.45, 2.75) is 50.7 Å². The Balaban J connectivity index is 1.61. The lowest BCUT2D eigenvalue weighted by Gasteiger charge is -2.24.